The van der Waals surface area contributed by atoms with Gasteiger partial charge in [0.15, 0.2) is 5.78 Å². The van der Waals surface area contributed by atoms with Gasteiger partial charge in [-0.3, -0.25) is 14.4 Å². The Morgan fingerprint density at radius 3 is 2.65 bits per heavy atom. The van der Waals surface area contributed by atoms with Gasteiger partial charge >= 0.3 is 0 Å². The fraction of sp³-hybridized carbons (Fsp3) is 0.346. The van der Waals surface area contributed by atoms with Crippen molar-refractivity contribution in [3.05, 3.63) is 70.6 Å². The molecule has 3 aromatic rings. The van der Waals surface area contributed by atoms with Crippen LogP contribution in [-0.4, -0.2) is 39.7 Å². The quantitative estimate of drug-likeness (QED) is 0.510. The van der Waals surface area contributed by atoms with E-state index in [1.54, 1.807) is 23.2 Å². The summed E-state index contributed by atoms with van der Waals surface area (Å²) in [6, 6.07) is 11.6. The first-order valence-corrected chi connectivity index (χ1v) is 11.9. The number of ketones is 1. The van der Waals surface area contributed by atoms with Crippen LogP contribution in [-0.2, 0) is 22.7 Å². The van der Waals surface area contributed by atoms with Crippen molar-refractivity contribution in [1.82, 2.24) is 14.8 Å². The molecule has 0 radical (unpaired) electrons. The molecule has 1 aromatic heterocycles. The van der Waals surface area contributed by atoms with E-state index in [9.17, 15) is 18.8 Å². The lowest BCUT2D eigenvalue weighted by Crippen LogP contribution is -2.46. The van der Waals surface area contributed by atoms with Crippen LogP contribution in [0.1, 0.15) is 41.6 Å². The van der Waals surface area contributed by atoms with Gasteiger partial charge in [-0.25, -0.2) is 4.39 Å². The summed E-state index contributed by atoms with van der Waals surface area (Å²) < 4.78 is 15.9. The van der Waals surface area contributed by atoms with E-state index in [0.29, 0.717) is 30.5 Å². The minimum atomic E-state index is -0.607. The summed E-state index contributed by atoms with van der Waals surface area (Å²) in [5.74, 6) is -0.829. The Hall–Kier alpha value is -3.19. The number of carbonyl (C=O) groups excluding carboxylic acids is 3. The molecule has 8 heteroatoms. The smallest absolute Gasteiger partial charge is 0.243 e. The largest absolute Gasteiger partial charge is 0.350 e. The molecule has 1 aliphatic carbocycles. The Kier molecular flexibility index (Phi) is 6.13. The lowest BCUT2D eigenvalue weighted by Gasteiger charge is -2.24. The van der Waals surface area contributed by atoms with Crippen molar-refractivity contribution in [2.45, 2.75) is 44.8 Å². The van der Waals surface area contributed by atoms with E-state index in [0.717, 1.165) is 23.7 Å². The van der Waals surface area contributed by atoms with Crippen molar-refractivity contribution in [3.8, 4) is 0 Å². The SMILES string of the molecule is O=C(c1cn(CC(=O)N2CCC[C@H]2C(=O)NCc2cccc(Cl)c2F)c2ccccc12)C1CC1. The van der Waals surface area contributed by atoms with Crippen molar-refractivity contribution in [2.24, 2.45) is 5.92 Å². The number of Topliss-reactive ketones (excluding diaryl/α,β-unsaturated/α-hetero) is 1. The number of aromatic nitrogens is 1. The van der Waals surface area contributed by atoms with E-state index in [4.69, 9.17) is 11.6 Å². The van der Waals surface area contributed by atoms with Gasteiger partial charge in [-0.2, -0.15) is 0 Å². The molecule has 176 valence electrons. The van der Waals surface area contributed by atoms with Crippen molar-refractivity contribution >= 4 is 40.1 Å². The van der Waals surface area contributed by atoms with Crippen LogP contribution in [0.5, 0.6) is 0 Å². The summed E-state index contributed by atoms with van der Waals surface area (Å²) >= 11 is 5.82. The number of rotatable bonds is 7. The summed E-state index contributed by atoms with van der Waals surface area (Å²) in [5.41, 5.74) is 1.78. The van der Waals surface area contributed by atoms with Crippen molar-refractivity contribution in [2.75, 3.05) is 6.54 Å². The molecule has 2 aromatic carbocycles. The van der Waals surface area contributed by atoms with Gasteiger partial charge in [0.05, 0.1) is 5.02 Å². The van der Waals surface area contributed by atoms with Crippen LogP contribution in [0.2, 0.25) is 5.02 Å². The number of amides is 2. The molecule has 2 aliphatic rings. The number of fused-ring (bicyclic) bond motifs is 1. The van der Waals surface area contributed by atoms with Gasteiger partial charge in [-0.1, -0.05) is 41.9 Å². The summed E-state index contributed by atoms with van der Waals surface area (Å²) in [7, 11) is 0. The molecule has 34 heavy (non-hydrogen) atoms. The maximum Gasteiger partial charge on any atom is 0.243 e. The molecule has 6 nitrogen and oxygen atoms in total. The van der Waals surface area contributed by atoms with Gasteiger partial charge in [-0.15, -0.1) is 0 Å². The Balaban J connectivity index is 1.30. The molecule has 0 spiro atoms. The summed E-state index contributed by atoms with van der Waals surface area (Å²) in [4.78, 5) is 40.4. The second-order valence-electron chi connectivity index (χ2n) is 9.00. The molecule has 1 atom stereocenters. The monoisotopic (exact) mass is 481 g/mol. The average molecular weight is 482 g/mol. The van der Waals surface area contributed by atoms with E-state index in [1.165, 1.54) is 6.07 Å². The Morgan fingerprint density at radius 2 is 1.85 bits per heavy atom. The van der Waals surface area contributed by atoms with Gasteiger partial charge in [0.1, 0.15) is 18.4 Å². The second kappa shape index (κ2) is 9.22. The number of hydrogen-bond donors (Lipinski definition) is 1. The highest BCUT2D eigenvalue weighted by atomic mass is 35.5. The number of nitrogens with one attached hydrogen (secondary N) is 1. The number of likely N-dealkylation sites (tertiary alicyclic amines) is 1. The van der Waals surface area contributed by atoms with Gasteiger partial charge in [0.2, 0.25) is 11.8 Å². The third kappa shape index (κ3) is 4.32. The van der Waals surface area contributed by atoms with Gasteiger partial charge in [0.25, 0.3) is 0 Å². The summed E-state index contributed by atoms with van der Waals surface area (Å²) in [6.07, 6.45) is 4.87. The molecule has 2 amide bonds. The first kappa shape index (κ1) is 22.6. The topological polar surface area (TPSA) is 71.4 Å². The molecule has 0 bridgehead atoms. The van der Waals surface area contributed by atoms with Crippen LogP contribution in [0.3, 0.4) is 0 Å². The molecule has 1 saturated heterocycles. The number of benzene rings is 2. The van der Waals surface area contributed by atoms with Gasteiger partial charge in [-0.05, 0) is 37.8 Å². The normalized spacial score (nSPS) is 17.8. The fourth-order valence-corrected chi connectivity index (χ4v) is 4.89. The third-order valence-electron chi connectivity index (χ3n) is 6.67. The number of nitrogens with zero attached hydrogens (tertiary/aromatic N) is 2. The molecule has 1 saturated carbocycles. The molecular weight excluding hydrogens is 457 g/mol. The second-order valence-corrected chi connectivity index (χ2v) is 9.41. The average Bonchev–Trinajstić information content (AvgIpc) is 3.46. The molecule has 1 aliphatic heterocycles. The summed E-state index contributed by atoms with van der Waals surface area (Å²) in [5, 5.41) is 3.60. The molecule has 5 rings (SSSR count). The van der Waals surface area contributed by atoms with Crippen LogP contribution in [0, 0.1) is 11.7 Å². The zero-order valence-corrected chi connectivity index (χ0v) is 19.4. The van der Waals surface area contributed by atoms with E-state index >= 15 is 0 Å². The maximum atomic E-state index is 14.1. The van der Waals surface area contributed by atoms with Crippen LogP contribution < -0.4 is 5.32 Å². The standard InChI is InChI=1S/C26H25ClFN3O3/c27-20-7-3-5-17(24(20)28)13-29-26(34)22-9-4-12-31(22)23(32)15-30-14-19(25(33)16-10-11-16)18-6-1-2-8-21(18)30/h1-3,5-8,14,16,22H,4,9-13,15H2,(H,29,34)/t22-/m0/s1. The van der Waals surface area contributed by atoms with E-state index in [1.807, 2.05) is 28.8 Å². The van der Waals surface area contributed by atoms with Gasteiger partial charge < -0.3 is 14.8 Å². The number of para-hydroxylation sites is 1. The van der Waals surface area contributed by atoms with Gasteiger partial charge in [0, 0.05) is 47.2 Å². The predicted octanol–water partition coefficient (Wildman–Crippen LogP) is 4.33. The number of halogens is 2. The van der Waals surface area contributed by atoms with E-state index in [-0.39, 0.29) is 41.6 Å². The van der Waals surface area contributed by atoms with Crippen molar-refractivity contribution in [1.29, 1.82) is 0 Å². The predicted molar refractivity (Wildman–Crippen MR) is 127 cm³/mol. The molecule has 2 heterocycles. The Morgan fingerprint density at radius 1 is 1.06 bits per heavy atom. The van der Waals surface area contributed by atoms with Crippen LogP contribution in [0.4, 0.5) is 4.39 Å². The number of carbonyl (C=O) groups is 3. The Bertz CT molecular complexity index is 1280. The molecular formula is C26H25ClFN3O3. The highest BCUT2D eigenvalue weighted by Gasteiger charge is 2.35. The highest BCUT2D eigenvalue weighted by Crippen LogP contribution is 2.35. The minimum absolute atomic E-state index is 0.00136. The molecule has 0 unspecified atom stereocenters. The third-order valence-corrected chi connectivity index (χ3v) is 6.96. The van der Waals surface area contributed by atoms with Crippen LogP contribution in [0.25, 0.3) is 10.9 Å². The first-order chi connectivity index (χ1) is 16.4. The zero-order valence-electron chi connectivity index (χ0n) is 18.6. The molecule has 1 N–H and O–H groups in total. The number of hydrogen-bond acceptors (Lipinski definition) is 3. The zero-order chi connectivity index (χ0) is 23.8. The summed E-state index contributed by atoms with van der Waals surface area (Å²) in [6.45, 7) is 0.527. The minimum Gasteiger partial charge on any atom is -0.350 e. The maximum absolute atomic E-state index is 14.1. The Labute approximate surface area is 201 Å². The van der Waals surface area contributed by atoms with E-state index in [2.05, 4.69) is 5.32 Å². The van der Waals surface area contributed by atoms with Crippen molar-refractivity contribution < 1.29 is 18.8 Å². The lowest BCUT2D eigenvalue weighted by molar-refractivity contribution is -0.138. The molecule has 2 fully saturated rings. The van der Waals surface area contributed by atoms with Crippen molar-refractivity contribution in [3.63, 3.8) is 0 Å². The van der Waals surface area contributed by atoms with Crippen LogP contribution in [0.15, 0.2) is 48.7 Å². The lowest BCUT2D eigenvalue weighted by atomic mass is 10.1. The van der Waals surface area contributed by atoms with Crippen LogP contribution >= 0.6 is 11.6 Å². The first-order valence-electron chi connectivity index (χ1n) is 11.6. The highest BCUT2D eigenvalue weighted by molar-refractivity contribution is 6.30. The fourth-order valence-electron chi connectivity index (χ4n) is 4.70. The van der Waals surface area contributed by atoms with E-state index < -0.39 is 11.9 Å².